The number of nitrogens with zero attached hydrogens (tertiary/aromatic N) is 2. The normalized spacial score (nSPS) is 23.3. The Balaban J connectivity index is 1.91. The minimum atomic E-state index is -0.642. The number of benzene rings is 2. The van der Waals surface area contributed by atoms with Crippen LogP contribution in [0.4, 0.5) is 10.1 Å². The number of Topliss-reactive ketones (excluding diaryl/α,β-unsaturated/α-hetero) is 1. The van der Waals surface area contributed by atoms with Crippen LogP contribution in [0.25, 0.3) is 0 Å². The number of carbonyl (C=O) groups excluding carboxylic acids is 1. The fraction of sp³-hybridized carbons (Fsp3) is 0.333. The summed E-state index contributed by atoms with van der Waals surface area (Å²) in [6.07, 6.45) is 1.41. The molecule has 2 heterocycles. The Morgan fingerprint density at radius 2 is 2.11 bits per heavy atom. The van der Waals surface area contributed by atoms with E-state index in [1.54, 1.807) is 11.1 Å². The first-order valence-electron chi connectivity index (χ1n) is 9.15. The van der Waals surface area contributed by atoms with Gasteiger partial charge in [0.15, 0.2) is 5.78 Å². The maximum Gasteiger partial charge on any atom is 0.176 e. The second-order valence-corrected chi connectivity index (χ2v) is 7.02. The molecule has 0 amide bonds. The summed E-state index contributed by atoms with van der Waals surface area (Å²) in [7, 11) is 0. The fourth-order valence-electron chi connectivity index (χ4n) is 4.29. The number of halogens is 1. The van der Waals surface area contributed by atoms with E-state index in [9.17, 15) is 9.18 Å². The van der Waals surface area contributed by atoms with Gasteiger partial charge in [-0.15, -0.1) is 0 Å². The zero-order valence-electron chi connectivity index (χ0n) is 15.2. The molecule has 6 heteroatoms. The summed E-state index contributed by atoms with van der Waals surface area (Å²) in [4.78, 5) is 12.6. The lowest BCUT2D eigenvalue weighted by atomic mass is 9.67. The van der Waals surface area contributed by atoms with Crippen LogP contribution < -0.4 is 15.5 Å². The smallest absolute Gasteiger partial charge is 0.176 e. The molecular weight excluding hydrogens is 345 g/mol. The lowest BCUT2D eigenvalue weighted by Crippen LogP contribution is -2.53. The highest BCUT2D eigenvalue weighted by Gasteiger charge is 2.55. The summed E-state index contributed by atoms with van der Waals surface area (Å²) in [5, 5.41) is 6.45. The molecule has 0 spiro atoms. The van der Waals surface area contributed by atoms with Gasteiger partial charge in [-0.1, -0.05) is 30.3 Å². The highest BCUT2D eigenvalue weighted by molar-refractivity contribution is 6.43. The fourth-order valence-corrected chi connectivity index (χ4v) is 4.29. The minimum Gasteiger partial charge on any atom is -0.489 e. The number of ketones is 1. The Labute approximate surface area is 157 Å². The van der Waals surface area contributed by atoms with Crippen LogP contribution in [0.5, 0.6) is 5.75 Å². The average molecular weight is 367 g/mol. The molecule has 5 nitrogen and oxygen atoms in total. The lowest BCUT2D eigenvalue weighted by molar-refractivity contribution is -0.111. The van der Waals surface area contributed by atoms with E-state index in [-0.39, 0.29) is 17.6 Å². The molecule has 2 aromatic rings. The van der Waals surface area contributed by atoms with Crippen molar-refractivity contribution in [2.45, 2.75) is 31.2 Å². The maximum atomic E-state index is 13.9. The molecule has 0 bridgehead atoms. The van der Waals surface area contributed by atoms with Crippen LogP contribution in [-0.4, -0.2) is 30.7 Å². The summed E-state index contributed by atoms with van der Waals surface area (Å²) in [6.45, 7) is 2.40. The number of anilines is 1. The van der Waals surface area contributed by atoms with E-state index in [0.29, 0.717) is 36.7 Å². The number of rotatable bonds is 5. The molecule has 0 aliphatic carbocycles. The van der Waals surface area contributed by atoms with Gasteiger partial charge in [-0.2, -0.15) is 5.10 Å². The van der Waals surface area contributed by atoms with Gasteiger partial charge in [0.2, 0.25) is 0 Å². The van der Waals surface area contributed by atoms with Crippen LogP contribution in [0.2, 0.25) is 0 Å². The van der Waals surface area contributed by atoms with Gasteiger partial charge in [0.05, 0.1) is 5.41 Å². The Morgan fingerprint density at radius 3 is 2.81 bits per heavy atom. The molecular formula is C21H22FN3O2. The molecule has 4 rings (SSSR count). The van der Waals surface area contributed by atoms with Crippen LogP contribution in [-0.2, 0) is 10.2 Å². The van der Waals surface area contributed by atoms with E-state index in [0.717, 1.165) is 12.0 Å². The van der Waals surface area contributed by atoms with Crippen LogP contribution in [0, 0.1) is 5.82 Å². The Hall–Kier alpha value is -2.73. The van der Waals surface area contributed by atoms with Crippen molar-refractivity contribution in [1.82, 2.24) is 0 Å². The zero-order valence-corrected chi connectivity index (χ0v) is 15.2. The van der Waals surface area contributed by atoms with Crippen LogP contribution >= 0.6 is 0 Å². The molecule has 2 N–H and O–H groups in total. The van der Waals surface area contributed by atoms with Crippen molar-refractivity contribution in [2.24, 2.45) is 10.8 Å². The molecule has 0 fully saturated rings. The van der Waals surface area contributed by atoms with Gasteiger partial charge in [-0.25, -0.2) is 4.39 Å². The van der Waals surface area contributed by atoms with E-state index >= 15 is 0 Å². The minimum absolute atomic E-state index is 0.0942. The van der Waals surface area contributed by atoms with Gasteiger partial charge >= 0.3 is 0 Å². The van der Waals surface area contributed by atoms with Crippen molar-refractivity contribution in [3.05, 3.63) is 59.9 Å². The van der Waals surface area contributed by atoms with E-state index < -0.39 is 5.41 Å². The number of hydrogen-bond donors (Lipinski definition) is 1. The van der Waals surface area contributed by atoms with Gasteiger partial charge < -0.3 is 10.5 Å². The van der Waals surface area contributed by atoms with Crippen LogP contribution in [0.1, 0.15) is 25.3 Å². The Morgan fingerprint density at radius 1 is 1.33 bits per heavy atom. The SMILES string of the molecule is CC(=O)C1=NN2c3cc(F)ccc3OCC2[C@@]1(CCCN)c1ccccc1. The van der Waals surface area contributed by atoms with E-state index in [2.05, 4.69) is 5.10 Å². The third kappa shape index (κ3) is 2.72. The topological polar surface area (TPSA) is 67.9 Å². The number of nitrogens with two attached hydrogens (primary N) is 1. The third-order valence-corrected chi connectivity index (χ3v) is 5.46. The number of ether oxygens (including phenoxy) is 1. The summed E-state index contributed by atoms with van der Waals surface area (Å²) >= 11 is 0. The molecule has 27 heavy (non-hydrogen) atoms. The molecule has 2 aromatic carbocycles. The first kappa shape index (κ1) is 17.7. The quantitative estimate of drug-likeness (QED) is 0.882. The maximum absolute atomic E-state index is 13.9. The first-order chi connectivity index (χ1) is 13.1. The van der Waals surface area contributed by atoms with E-state index in [1.165, 1.54) is 19.1 Å². The third-order valence-electron chi connectivity index (χ3n) is 5.46. The number of carbonyl (C=O) groups is 1. The number of fused-ring (bicyclic) bond motifs is 3. The van der Waals surface area contributed by atoms with Crippen molar-refractivity contribution in [3.63, 3.8) is 0 Å². The van der Waals surface area contributed by atoms with Gasteiger partial charge in [0, 0.05) is 13.0 Å². The van der Waals surface area contributed by atoms with Crippen molar-refractivity contribution < 1.29 is 13.9 Å². The molecule has 0 aromatic heterocycles. The van der Waals surface area contributed by atoms with Crippen molar-refractivity contribution in [3.8, 4) is 5.75 Å². The highest BCUT2D eigenvalue weighted by atomic mass is 19.1. The molecule has 2 aliphatic heterocycles. The van der Waals surface area contributed by atoms with E-state index in [1.807, 2.05) is 30.3 Å². The Bertz CT molecular complexity index is 900. The molecule has 0 radical (unpaired) electrons. The predicted octanol–water partition coefficient (Wildman–Crippen LogP) is 3.03. The van der Waals surface area contributed by atoms with Crippen molar-refractivity contribution in [2.75, 3.05) is 18.2 Å². The van der Waals surface area contributed by atoms with Crippen LogP contribution in [0.3, 0.4) is 0 Å². The number of hydrogen-bond acceptors (Lipinski definition) is 5. The summed E-state index contributed by atoms with van der Waals surface area (Å²) in [5.74, 6) is 0.113. The first-order valence-corrected chi connectivity index (χ1v) is 9.15. The van der Waals surface area contributed by atoms with Gasteiger partial charge in [0.1, 0.15) is 35.6 Å². The number of hydrazone groups is 1. The molecule has 2 aliphatic rings. The summed E-state index contributed by atoms with van der Waals surface area (Å²) < 4.78 is 19.9. The molecule has 0 saturated carbocycles. The largest absolute Gasteiger partial charge is 0.489 e. The monoisotopic (exact) mass is 367 g/mol. The molecule has 1 unspecified atom stereocenters. The van der Waals surface area contributed by atoms with Gasteiger partial charge in [0.25, 0.3) is 0 Å². The molecule has 2 atom stereocenters. The standard InChI is InChI=1S/C21H22FN3O2/c1-14(26)20-21(10-5-11-23,15-6-3-2-4-7-15)19-13-27-18-9-8-16(22)12-17(18)25(19)24-20/h2-4,6-9,12,19H,5,10-11,13,23H2,1H3/t19?,21-/m1/s1. The summed E-state index contributed by atoms with van der Waals surface area (Å²) in [6, 6.07) is 14.0. The second kappa shape index (κ2) is 6.78. The van der Waals surface area contributed by atoms with E-state index in [4.69, 9.17) is 10.5 Å². The average Bonchev–Trinajstić information content (AvgIpc) is 3.03. The van der Waals surface area contributed by atoms with Gasteiger partial charge in [-0.3, -0.25) is 9.80 Å². The lowest BCUT2D eigenvalue weighted by Gasteiger charge is -2.41. The van der Waals surface area contributed by atoms with Crippen molar-refractivity contribution >= 4 is 17.2 Å². The predicted molar refractivity (Wildman–Crippen MR) is 103 cm³/mol. The zero-order chi connectivity index (χ0) is 19.0. The highest BCUT2D eigenvalue weighted by Crippen LogP contribution is 2.48. The van der Waals surface area contributed by atoms with Crippen molar-refractivity contribution in [1.29, 1.82) is 0 Å². The second-order valence-electron chi connectivity index (χ2n) is 7.02. The van der Waals surface area contributed by atoms with Crippen LogP contribution in [0.15, 0.2) is 53.6 Å². The summed E-state index contributed by atoms with van der Waals surface area (Å²) in [5.41, 5.74) is 7.20. The Kier molecular flexibility index (Phi) is 4.44. The molecule has 140 valence electrons. The molecule has 0 saturated heterocycles. The van der Waals surface area contributed by atoms with Gasteiger partial charge in [-0.05, 0) is 37.1 Å².